The average molecular weight is 1300 g/mol. The highest BCUT2D eigenvalue weighted by molar-refractivity contribution is 5.76. The molecule has 1 amide bonds. The summed E-state index contributed by atoms with van der Waals surface area (Å²) in [6.45, 7) is 1.61. The largest absolute Gasteiger partial charge is 0.394 e. The molecular formula is C72H129NO18. The van der Waals surface area contributed by atoms with Gasteiger partial charge in [-0.2, -0.15) is 0 Å². The molecule has 0 saturated carbocycles. The predicted molar refractivity (Wildman–Crippen MR) is 355 cm³/mol. The normalized spacial score (nSPS) is 28.2. The highest BCUT2D eigenvalue weighted by Gasteiger charge is 2.53. The molecule has 0 bridgehead atoms. The first-order chi connectivity index (χ1) is 44.3. The molecule has 3 aliphatic heterocycles. The second-order valence-corrected chi connectivity index (χ2v) is 25.7. The molecule has 17 unspecified atom stereocenters. The van der Waals surface area contributed by atoms with Gasteiger partial charge in [0.05, 0.1) is 38.6 Å². The Morgan fingerprint density at radius 3 is 1.23 bits per heavy atom. The Balaban J connectivity index is 1.42. The SMILES string of the molecule is CC/C=C\C/C=C\C/C=C\CCCCCCCCCC(=O)NC(COC1OC(CO)C(OC2OC(CO)C(OC3OC(CO)C(O)C(O)C3O)C(O)C2O)C(O)C1O)C(O)/C=C/CC/C=C/CCCCCCCCCCCCCCCCCCCCCCCCC. The highest BCUT2D eigenvalue weighted by Crippen LogP contribution is 2.33. The van der Waals surface area contributed by atoms with Crippen LogP contribution in [0.25, 0.3) is 0 Å². The fourth-order valence-electron chi connectivity index (χ4n) is 12.0. The first-order valence-electron chi connectivity index (χ1n) is 36.0. The molecule has 530 valence electrons. The van der Waals surface area contributed by atoms with Crippen molar-refractivity contribution in [3.05, 3.63) is 60.8 Å². The topological polar surface area (TPSA) is 307 Å². The van der Waals surface area contributed by atoms with E-state index in [1.165, 1.54) is 141 Å². The molecule has 3 heterocycles. The minimum absolute atomic E-state index is 0.222. The molecule has 0 aliphatic carbocycles. The van der Waals surface area contributed by atoms with Crippen molar-refractivity contribution in [1.82, 2.24) is 5.32 Å². The Kier molecular flexibility index (Phi) is 48.7. The van der Waals surface area contributed by atoms with Gasteiger partial charge < -0.3 is 89.9 Å². The summed E-state index contributed by atoms with van der Waals surface area (Å²) in [5.41, 5.74) is 0. The number of amides is 1. The zero-order valence-corrected chi connectivity index (χ0v) is 56.1. The molecule has 17 atom stereocenters. The summed E-state index contributed by atoms with van der Waals surface area (Å²) < 4.78 is 34.3. The van der Waals surface area contributed by atoms with Gasteiger partial charge in [0.25, 0.3) is 0 Å². The van der Waals surface area contributed by atoms with Crippen molar-refractivity contribution in [3.8, 4) is 0 Å². The lowest BCUT2D eigenvalue weighted by atomic mass is 9.96. The van der Waals surface area contributed by atoms with Gasteiger partial charge in [-0.1, -0.05) is 248 Å². The Hall–Kier alpha value is -2.51. The van der Waals surface area contributed by atoms with Crippen LogP contribution in [0.5, 0.6) is 0 Å². The highest BCUT2D eigenvalue weighted by atomic mass is 16.8. The van der Waals surface area contributed by atoms with Crippen LogP contribution in [0, 0.1) is 0 Å². The Labute approximate surface area is 547 Å². The predicted octanol–water partition coefficient (Wildman–Crippen LogP) is 9.94. The van der Waals surface area contributed by atoms with Crippen molar-refractivity contribution in [2.75, 3.05) is 26.4 Å². The maximum Gasteiger partial charge on any atom is 0.220 e. The van der Waals surface area contributed by atoms with E-state index in [0.29, 0.717) is 12.8 Å². The zero-order chi connectivity index (χ0) is 66.1. The van der Waals surface area contributed by atoms with E-state index in [0.717, 1.165) is 83.5 Å². The molecule has 3 rings (SSSR count). The third-order valence-electron chi connectivity index (χ3n) is 17.8. The molecule has 3 saturated heterocycles. The molecule has 0 radical (unpaired) electrons. The van der Waals surface area contributed by atoms with Crippen molar-refractivity contribution in [3.63, 3.8) is 0 Å². The number of aliphatic hydroxyl groups excluding tert-OH is 11. The van der Waals surface area contributed by atoms with Crippen LogP contribution in [0.1, 0.15) is 258 Å². The molecule has 3 aliphatic rings. The van der Waals surface area contributed by atoms with Crippen molar-refractivity contribution >= 4 is 5.91 Å². The van der Waals surface area contributed by atoms with E-state index in [9.17, 15) is 61.0 Å². The van der Waals surface area contributed by atoms with Crippen LogP contribution < -0.4 is 5.32 Å². The van der Waals surface area contributed by atoms with Crippen molar-refractivity contribution in [2.24, 2.45) is 0 Å². The smallest absolute Gasteiger partial charge is 0.220 e. The lowest BCUT2D eigenvalue weighted by Crippen LogP contribution is -2.66. The van der Waals surface area contributed by atoms with Crippen molar-refractivity contribution in [2.45, 2.75) is 362 Å². The first kappa shape index (κ1) is 82.7. The Bertz CT molecular complexity index is 1890. The maximum absolute atomic E-state index is 13.4. The Morgan fingerprint density at radius 2 is 0.769 bits per heavy atom. The lowest BCUT2D eigenvalue weighted by molar-refractivity contribution is -0.379. The number of carbonyl (C=O) groups is 1. The number of ether oxygens (including phenoxy) is 6. The number of rotatable bonds is 55. The first-order valence-corrected chi connectivity index (χ1v) is 36.0. The summed E-state index contributed by atoms with van der Waals surface area (Å²) >= 11 is 0. The molecule has 0 aromatic carbocycles. The van der Waals surface area contributed by atoms with Gasteiger partial charge in [-0.05, 0) is 64.2 Å². The van der Waals surface area contributed by atoms with Gasteiger partial charge in [-0.25, -0.2) is 0 Å². The second-order valence-electron chi connectivity index (χ2n) is 25.7. The monoisotopic (exact) mass is 1300 g/mol. The van der Waals surface area contributed by atoms with Gasteiger partial charge in [-0.3, -0.25) is 4.79 Å². The van der Waals surface area contributed by atoms with Crippen molar-refractivity contribution in [1.29, 1.82) is 0 Å². The summed E-state index contributed by atoms with van der Waals surface area (Å²) in [4.78, 5) is 13.4. The summed E-state index contributed by atoms with van der Waals surface area (Å²) in [6, 6.07) is -0.999. The van der Waals surface area contributed by atoms with E-state index in [-0.39, 0.29) is 18.9 Å². The molecule has 19 nitrogen and oxygen atoms in total. The maximum atomic E-state index is 13.4. The van der Waals surface area contributed by atoms with E-state index < -0.39 is 124 Å². The van der Waals surface area contributed by atoms with Gasteiger partial charge in [-0.15, -0.1) is 0 Å². The molecule has 0 aromatic rings. The summed E-state index contributed by atoms with van der Waals surface area (Å²) in [7, 11) is 0. The van der Waals surface area contributed by atoms with Crippen LogP contribution in [0.15, 0.2) is 60.8 Å². The van der Waals surface area contributed by atoms with Crippen LogP contribution >= 0.6 is 0 Å². The van der Waals surface area contributed by atoms with Crippen LogP contribution in [-0.2, 0) is 33.2 Å². The summed E-state index contributed by atoms with van der Waals surface area (Å²) in [6.07, 6.45) is 39.3. The Morgan fingerprint density at radius 1 is 0.407 bits per heavy atom. The number of carbonyl (C=O) groups excluding carboxylic acids is 1. The standard InChI is InChI=1S/C72H129NO18/c1-3-5-7-9-11-13-15-17-19-21-22-23-24-25-26-27-28-29-30-31-32-34-35-37-39-41-43-45-47-49-56(77)55(73-60(78)50-48-46-44-42-40-38-36-33-20-18-16-14-12-10-8-6-4-2)54-86-70-66(84)63(81)68(58(52-75)88-70)91-72-67(85)64(82)69(59(53-76)89-72)90-71-65(83)62(80)61(79)57(51-74)87-71/h6,8,12,14,18,20,39,41,47,49,55-59,61-72,74-77,79-85H,3-5,7,9-11,13,15-17,19,21-38,40,42-46,48,50-54H2,1-2H3,(H,73,78)/b8-6-,14-12-,20-18-,41-39+,49-47+. The fourth-order valence-corrected chi connectivity index (χ4v) is 12.0. The van der Waals surface area contributed by atoms with Crippen LogP contribution in [0.2, 0.25) is 0 Å². The zero-order valence-electron chi connectivity index (χ0n) is 56.1. The van der Waals surface area contributed by atoms with Crippen LogP contribution in [-0.4, -0.2) is 193 Å². The fraction of sp³-hybridized carbons (Fsp3) is 0.847. The van der Waals surface area contributed by atoms with Gasteiger partial charge in [0.2, 0.25) is 5.91 Å². The number of nitrogens with one attached hydrogen (secondary N) is 1. The molecular weight excluding hydrogens is 1170 g/mol. The minimum Gasteiger partial charge on any atom is -0.394 e. The lowest BCUT2D eigenvalue weighted by Gasteiger charge is -2.48. The third-order valence-corrected chi connectivity index (χ3v) is 17.8. The number of allylic oxidation sites excluding steroid dienone is 9. The number of unbranched alkanes of at least 4 members (excludes halogenated alkanes) is 31. The molecule has 19 heteroatoms. The van der Waals surface area contributed by atoms with Gasteiger partial charge >= 0.3 is 0 Å². The molecule has 3 fully saturated rings. The summed E-state index contributed by atoms with van der Waals surface area (Å²) in [5, 5.41) is 121. The van der Waals surface area contributed by atoms with E-state index in [1.807, 2.05) is 6.08 Å². The quantitative estimate of drug-likeness (QED) is 0.0199. The van der Waals surface area contributed by atoms with Crippen LogP contribution in [0.3, 0.4) is 0 Å². The van der Waals surface area contributed by atoms with Gasteiger partial charge in [0, 0.05) is 6.42 Å². The summed E-state index contributed by atoms with van der Waals surface area (Å²) in [5.74, 6) is -0.296. The van der Waals surface area contributed by atoms with E-state index in [2.05, 4.69) is 67.8 Å². The number of aliphatic hydroxyl groups is 11. The second kappa shape index (κ2) is 53.6. The molecule has 0 spiro atoms. The number of hydrogen-bond donors (Lipinski definition) is 12. The van der Waals surface area contributed by atoms with E-state index >= 15 is 0 Å². The van der Waals surface area contributed by atoms with Crippen molar-refractivity contribution < 1.29 is 89.4 Å². The van der Waals surface area contributed by atoms with E-state index in [4.69, 9.17) is 28.4 Å². The average Bonchev–Trinajstić information content (AvgIpc) is 0.885. The van der Waals surface area contributed by atoms with E-state index in [1.54, 1.807) is 6.08 Å². The minimum atomic E-state index is -1.98. The number of hydrogen-bond acceptors (Lipinski definition) is 18. The van der Waals surface area contributed by atoms with Gasteiger partial charge in [0.15, 0.2) is 18.9 Å². The van der Waals surface area contributed by atoms with Crippen LogP contribution in [0.4, 0.5) is 0 Å². The molecule has 12 N–H and O–H groups in total. The third kappa shape index (κ3) is 35.4. The van der Waals surface area contributed by atoms with Gasteiger partial charge in [0.1, 0.15) is 73.2 Å². The molecule has 91 heavy (non-hydrogen) atoms. The molecule has 0 aromatic heterocycles.